The molecule has 376 valence electrons. The Labute approximate surface area is 468 Å². The Morgan fingerprint density at radius 1 is 0.333 bits per heavy atom. The molecule has 10 aliphatic rings. The van der Waals surface area contributed by atoms with Crippen molar-refractivity contribution in [1.82, 2.24) is 19.9 Å². The average Bonchev–Trinajstić information content (AvgIpc) is 4.45. The van der Waals surface area contributed by atoms with Crippen molar-refractivity contribution in [2.45, 2.75) is 51.4 Å². The first-order valence-electron chi connectivity index (χ1n) is 27.1. The second kappa shape index (κ2) is 18.7. The Morgan fingerprint density at radius 3 is 1.23 bits per heavy atom. The number of aryl methyl sites for hydroxylation is 2. The molecule has 6 nitrogen and oxygen atoms in total. The molecule has 20 bridgehead atoms. The van der Waals surface area contributed by atoms with Crippen LogP contribution in [-0.4, -0.2) is 30.1 Å². The van der Waals surface area contributed by atoms with Gasteiger partial charge in [-0.1, -0.05) is 133 Å². The molecule has 0 unspecified atom stereocenters. The molecule has 78 heavy (non-hydrogen) atoms. The Morgan fingerprint density at radius 2 is 0.731 bits per heavy atom. The van der Waals surface area contributed by atoms with Crippen LogP contribution in [0.15, 0.2) is 167 Å². The molecule has 8 aliphatic heterocycles. The van der Waals surface area contributed by atoms with E-state index in [4.69, 9.17) is 9.97 Å². The van der Waals surface area contributed by atoms with Gasteiger partial charge in [0, 0.05) is 55.4 Å². The number of phenols is 2. The first-order chi connectivity index (χ1) is 38.3. The van der Waals surface area contributed by atoms with Crippen LogP contribution in [-0.2, 0) is 25.7 Å². The molecule has 0 amide bonds. The first-order valence-corrected chi connectivity index (χ1v) is 28.6. The van der Waals surface area contributed by atoms with Crippen molar-refractivity contribution in [2.75, 3.05) is 0 Å². The largest absolute Gasteiger partial charge is 0.506 e. The summed E-state index contributed by atoms with van der Waals surface area (Å²) in [6.45, 7) is 0. The number of H-pyrrole nitrogens is 2. The number of aromatic nitrogens is 4. The van der Waals surface area contributed by atoms with Crippen LogP contribution in [0.2, 0.25) is 0 Å². The van der Waals surface area contributed by atoms with Gasteiger partial charge < -0.3 is 20.2 Å². The number of aromatic amines is 2. The number of hydrogen-bond donors (Lipinski definition) is 4. The molecular formula is C70H50Br2N4O2. The topological polar surface area (TPSA) is 97.8 Å². The SMILES string of the molecule is Oc1c(Br)c2c(O)c(Br)c1CCCCc1ccc3c(c1)-c1cccc(c1-3)-c1c3nc(c(-c4ccccc4)c4ccc([nH]4)c(c4nc(c(-c5ccccc5)c5ccc1[nH]5)C=C4)-c1cccc4c1-c1cc(ccc1-4)CCCC2)C=C3. The van der Waals surface area contributed by atoms with E-state index in [9.17, 15) is 10.2 Å². The number of nitrogens with one attached hydrogen (secondary N) is 2. The van der Waals surface area contributed by atoms with Crippen molar-refractivity contribution < 1.29 is 10.2 Å². The van der Waals surface area contributed by atoms with Crippen molar-refractivity contribution in [2.24, 2.45) is 0 Å². The summed E-state index contributed by atoms with van der Waals surface area (Å²) in [7, 11) is 0. The Balaban J connectivity index is 0.993. The van der Waals surface area contributed by atoms with Crippen molar-refractivity contribution in [1.29, 1.82) is 0 Å². The third kappa shape index (κ3) is 7.55. The lowest BCUT2D eigenvalue weighted by molar-refractivity contribution is 0.440. The summed E-state index contributed by atoms with van der Waals surface area (Å²) in [6.07, 6.45) is 15.3. The third-order valence-corrected chi connectivity index (χ3v) is 18.3. The molecule has 0 fully saturated rings. The molecule has 0 saturated heterocycles. The molecule has 4 N–H and O–H groups in total. The van der Waals surface area contributed by atoms with Crippen LogP contribution in [0, 0.1) is 0 Å². The molecular weight excluding hydrogens is 1090 g/mol. The van der Waals surface area contributed by atoms with Gasteiger partial charge in [-0.15, -0.1) is 0 Å². The minimum atomic E-state index is 0.208. The van der Waals surface area contributed by atoms with Gasteiger partial charge >= 0.3 is 0 Å². The van der Waals surface area contributed by atoms with E-state index in [1.165, 1.54) is 55.6 Å². The number of phenolic OH excluding ortho intramolecular Hbond substituents is 2. The number of rotatable bonds is 2. The Kier molecular flexibility index (Phi) is 11.3. The van der Waals surface area contributed by atoms with E-state index in [0.717, 1.165) is 139 Å². The summed E-state index contributed by atoms with van der Waals surface area (Å²) >= 11 is 7.41. The van der Waals surface area contributed by atoms with Gasteiger partial charge in [-0.05, 0) is 210 Å². The van der Waals surface area contributed by atoms with Crippen LogP contribution in [0.5, 0.6) is 11.5 Å². The van der Waals surface area contributed by atoms with Gasteiger partial charge in [0.25, 0.3) is 0 Å². The van der Waals surface area contributed by atoms with Crippen LogP contribution in [0.1, 0.15) is 70.7 Å². The monoisotopic (exact) mass is 1140 g/mol. The van der Waals surface area contributed by atoms with Crippen LogP contribution in [0.3, 0.4) is 0 Å². The standard InChI is InChI=1S/C70H50Br2N4O2/c71-67-49-19-9-7-13-39-26-28-46-51(37-39)45-22-12-23-47(63(45)46)65-57-33-29-53(73-57)61(41-15-3-1-4-16-41)55-31-35-59(75-55)66(60-36-32-56(76-60)62(42-17-5-2-6-18-42)54-30-34-58(65)74-54)48-24-11-21-44-43-27-25-40(38-52(43)64(44)48)14-8-10-20-50(70(67)78)68(72)69(49)77/h1-6,11-12,15-18,21-38,73,76-78H,7-10,13-14,19-20H2. The zero-order valence-electron chi connectivity index (χ0n) is 42.5. The van der Waals surface area contributed by atoms with Gasteiger partial charge in [0.15, 0.2) is 0 Å². The van der Waals surface area contributed by atoms with Gasteiger partial charge in [0.05, 0.1) is 31.7 Å². The van der Waals surface area contributed by atoms with Crippen LogP contribution in [0.4, 0.5) is 0 Å². The highest BCUT2D eigenvalue weighted by Gasteiger charge is 2.31. The van der Waals surface area contributed by atoms with Crippen molar-refractivity contribution in [3.05, 3.63) is 212 Å². The van der Waals surface area contributed by atoms with Crippen molar-refractivity contribution in [3.8, 4) is 101 Å². The number of nitrogens with zero attached hydrogens (tertiary/aromatic N) is 2. The minimum Gasteiger partial charge on any atom is -0.506 e. The maximum Gasteiger partial charge on any atom is 0.134 e. The Bertz CT molecular complexity index is 4370. The number of benzene rings is 7. The second-order valence-corrected chi connectivity index (χ2v) is 22.7. The van der Waals surface area contributed by atoms with Gasteiger partial charge in [0.2, 0.25) is 0 Å². The van der Waals surface area contributed by atoms with Gasteiger partial charge in [0.1, 0.15) is 11.5 Å². The lowest BCUT2D eigenvalue weighted by Gasteiger charge is -2.28. The highest BCUT2D eigenvalue weighted by atomic mass is 79.9. The van der Waals surface area contributed by atoms with E-state index < -0.39 is 0 Å². The van der Waals surface area contributed by atoms with Gasteiger partial charge in [-0.25, -0.2) is 9.97 Å². The lowest BCUT2D eigenvalue weighted by Crippen LogP contribution is -2.03. The van der Waals surface area contributed by atoms with Crippen molar-refractivity contribution in [3.63, 3.8) is 0 Å². The quantitative estimate of drug-likeness (QED) is 0.130. The van der Waals surface area contributed by atoms with E-state index in [1.807, 2.05) is 0 Å². The fourth-order valence-corrected chi connectivity index (χ4v) is 14.1. The second-order valence-electron chi connectivity index (χ2n) is 21.1. The van der Waals surface area contributed by atoms with Gasteiger partial charge in [-0.3, -0.25) is 0 Å². The number of hydrogen-bond acceptors (Lipinski definition) is 4. The molecule has 8 heteroatoms. The molecule has 0 atom stereocenters. The molecule has 2 aliphatic carbocycles. The summed E-state index contributed by atoms with van der Waals surface area (Å²) in [5, 5.41) is 23.1. The number of aromatic hydroxyl groups is 2. The first kappa shape index (κ1) is 47.0. The van der Waals surface area contributed by atoms with E-state index in [-0.39, 0.29) is 11.5 Å². The third-order valence-electron chi connectivity index (χ3n) is 16.6. The summed E-state index contributed by atoms with van der Waals surface area (Å²) < 4.78 is 1.17. The molecule has 3 aromatic heterocycles. The van der Waals surface area contributed by atoms with Crippen LogP contribution >= 0.6 is 31.9 Å². The maximum absolute atomic E-state index is 11.6. The molecule has 0 saturated carbocycles. The van der Waals surface area contributed by atoms with E-state index in [1.54, 1.807) is 0 Å². The zero-order chi connectivity index (χ0) is 52.2. The summed E-state index contributed by atoms with van der Waals surface area (Å²) in [5.41, 5.74) is 29.8. The van der Waals surface area contributed by atoms with E-state index >= 15 is 0 Å². The molecule has 11 heterocycles. The minimum absolute atomic E-state index is 0.208. The fourth-order valence-electron chi connectivity index (χ4n) is 12.9. The molecule has 0 spiro atoms. The summed E-state index contributed by atoms with van der Waals surface area (Å²) in [6, 6.07) is 57.3. The highest BCUT2D eigenvalue weighted by Crippen LogP contribution is 2.55. The lowest BCUT2D eigenvalue weighted by atomic mass is 9.75. The predicted octanol–water partition coefficient (Wildman–Crippen LogP) is 19.0. The van der Waals surface area contributed by atoms with E-state index in [2.05, 4.69) is 224 Å². The molecule has 10 aromatic rings. The molecule has 20 rings (SSSR count). The average molecular weight is 1140 g/mol. The number of fused-ring (bicyclic) bond motifs is 1. The van der Waals surface area contributed by atoms with Gasteiger partial charge in [-0.2, -0.15) is 0 Å². The number of halogens is 2. The molecule has 7 aromatic carbocycles. The zero-order valence-corrected chi connectivity index (χ0v) is 45.7. The van der Waals surface area contributed by atoms with Crippen molar-refractivity contribution >= 4 is 78.2 Å². The summed E-state index contributed by atoms with van der Waals surface area (Å²) in [4.78, 5) is 19.3. The maximum atomic E-state index is 11.6. The van der Waals surface area contributed by atoms with Crippen LogP contribution < -0.4 is 0 Å². The van der Waals surface area contributed by atoms with E-state index in [0.29, 0.717) is 21.8 Å². The molecule has 0 radical (unpaired) electrons. The predicted molar refractivity (Wildman–Crippen MR) is 328 cm³/mol. The Hall–Kier alpha value is -8.30. The fraction of sp³-hybridized carbons (Fsp3) is 0.114. The smallest absolute Gasteiger partial charge is 0.134 e. The normalized spacial score (nSPS) is 13.9. The highest BCUT2D eigenvalue weighted by molar-refractivity contribution is 9.11. The summed E-state index contributed by atoms with van der Waals surface area (Å²) in [5.74, 6) is 0.418. The van der Waals surface area contributed by atoms with Crippen LogP contribution in [0.25, 0.3) is 135 Å².